The summed E-state index contributed by atoms with van der Waals surface area (Å²) < 4.78 is 73.2. The van der Waals surface area contributed by atoms with Crippen molar-refractivity contribution in [1.29, 1.82) is 0 Å². The first-order valence-electron chi connectivity index (χ1n) is 25.3. The molecule has 0 bridgehead atoms. The van der Waals surface area contributed by atoms with E-state index in [9.17, 15) is 9.90 Å². The summed E-state index contributed by atoms with van der Waals surface area (Å²) in [5, 5.41) is 12.0. The zero-order valence-electron chi connectivity index (χ0n) is 41.9. The summed E-state index contributed by atoms with van der Waals surface area (Å²) in [7, 11) is 1.56. The van der Waals surface area contributed by atoms with E-state index in [1.165, 1.54) is 0 Å². The van der Waals surface area contributed by atoms with Crippen LogP contribution in [0.25, 0.3) is 0 Å². The first-order valence-corrected chi connectivity index (χ1v) is 25.3. The van der Waals surface area contributed by atoms with Crippen molar-refractivity contribution in [2.45, 2.75) is 101 Å². The first kappa shape index (κ1) is 53.2. The van der Waals surface area contributed by atoms with E-state index in [0.717, 1.165) is 33.4 Å². The fourth-order valence-electron chi connectivity index (χ4n) is 9.07. The van der Waals surface area contributed by atoms with Gasteiger partial charge in [-0.15, -0.1) is 0 Å². The van der Waals surface area contributed by atoms with E-state index < -0.39 is 67.4 Å². The van der Waals surface area contributed by atoms with Crippen LogP contribution >= 0.6 is 0 Å². The molecule has 0 aromatic heterocycles. The second-order valence-electron chi connectivity index (χ2n) is 18.4. The van der Waals surface area contributed by atoms with E-state index >= 15 is 0 Å². The Bertz CT molecular complexity index is 2700. The predicted octanol–water partition coefficient (Wildman–Crippen LogP) is 9.82. The summed E-state index contributed by atoms with van der Waals surface area (Å²) in [5.74, 6) is -0.0354. The van der Waals surface area contributed by atoms with Gasteiger partial charge in [0.2, 0.25) is 0 Å². The van der Waals surface area contributed by atoms with Gasteiger partial charge in [-0.1, -0.05) is 182 Å². The lowest BCUT2D eigenvalue weighted by molar-refractivity contribution is -0.371. The zero-order chi connectivity index (χ0) is 51.4. The minimum atomic E-state index is -1.46. The van der Waals surface area contributed by atoms with Gasteiger partial charge in [-0.3, -0.25) is 0 Å². The van der Waals surface area contributed by atoms with Gasteiger partial charge in [-0.05, 0) is 57.6 Å². The number of benzene rings is 7. The largest absolute Gasteiger partial charge is 0.497 e. The van der Waals surface area contributed by atoms with Crippen molar-refractivity contribution in [1.82, 2.24) is 0 Å². The second-order valence-corrected chi connectivity index (χ2v) is 18.4. The molecule has 2 aliphatic heterocycles. The number of hydrogen-bond donors (Lipinski definition) is 1. The summed E-state index contributed by atoms with van der Waals surface area (Å²) in [5.41, 5.74) is 5.69. The SMILES string of the molecule is COc1ccc(C(=O)O[C@@H]2[C@H](OCc3ccccc3)[C@@H](OCc3ccccc3)[C@@H](O[C@H]3[C@H](OCc4ccccc4)[C@@H](OCc4ccccc4)[C@@H](O)O[C@@H]3COCc3ccccc3)O[C@@H]2COCc2ccccc2)cc1. The molecule has 0 aliphatic carbocycles. The number of aliphatic hydroxyl groups is 1. The molecule has 2 saturated heterocycles. The predicted molar refractivity (Wildman–Crippen MR) is 279 cm³/mol. The molecular weight excluding hydrogens is 953 g/mol. The Kier molecular flexibility index (Phi) is 19.7. The van der Waals surface area contributed by atoms with E-state index in [4.69, 9.17) is 52.1 Å². The summed E-state index contributed by atoms with van der Waals surface area (Å²) in [4.78, 5) is 14.4. The van der Waals surface area contributed by atoms with E-state index in [2.05, 4.69) is 0 Å². The third-order valence-corrected chi connectivity index (χ3v) is 13.0. The molecule has 0 radical (unpaired) electrons. The number of esters is 1. The number of ether oxygens (including phenoxy) is 11. The van der Waals surface area contributed by atoms with Crippen LogP contribution in [0.15, 0.2) is 206 Å². The molecule has 0 unspecified atom stereocenters. The average Bonchev–Trinajstić information content (AvgIpc) is 3.46. The fourth-order valence-corrected chi connectivity index (χ4v) is 9.07. The van der Waals surface area contributed by atoms with Gasteiger partial charge in [0.15, 0.2) is 18.7 Å². The molecule has 2 fully saturated rings. The third-order valence-electron chi connectivity index (χ3n) is 13.0. The lowest BCUT2D eigenvalue weighted by atomic mass is 9.95. The number of aliphatic hydroxyl groups excluding tert-OH is 1. The van der Waals surface area contributed by atoms with Crippen molar-refractivity contribution >= 4 is 5.97 Å². The Hall–Kier alpha value is -6.59. The van der Waals surface area contributed by atoms with Crippen molar-refractivity contribution in [3.63, 3.8) is 0 Å². The normalized spacial score (nSPS) is 23.5. The van der Waals surface area contributed by atoms with Gasteiger partial charge in [0.1, 0.15) is 48.5 Å². The summed E-state index contributed by atoms with van der Waals surface area (Å²) in [6, 6.07) is 65.1. The molecule has 2 heterocycles. The Morgan fingerprint density at radius 3 is 1.19 bits per heavy atom. The van der Waals surface area contributed by atoms with Crippen molar-refractivity contribution < 1.29 is 62.0 Å². The lowest BCUT2D eigenvalue weighted by Crippen LogP contribution is -2.66. The minimum absolute atomic E-state index is 0.0187. The molecular formula is C62H64O13. The van der Waals surface area contributed by atoms with Crippen LogP contribution in [-0.4, -0.2) is 92.8 Å². The Balaban J connectivity index is 1.11. The molecule has 0 saturated carbocycles. The molecule has 2 aliphatic rings. The Morgan fingerprint density at radius 2 is 0.773 bits per heavy atom. The third kappa shape index (κ3) is 15.3. The zero-order valence-corrected chi connectivity index (χ0v) is 41.9. The lowest BCUT2D eigenvalue weighted by Gasteiger charge is -2.49. The van der Waals surface area contributed by atoms with Gasteiger partial charge in [-0.25, -0.2) is 4.79 Å². The van der Waals surface area contributed by atoms with Gasteiger partial charge >= 0.3 is 5.97 Å². The topological polar surface area (TPSA) is 139 Å². The molecule has 75 heavy (non-hydrogen) atoms. The standard InChI is InChI=1S/C62H64O13/c1-65-51-34-32-50(33-35-51)60(63)74-54-53(43-67-37-45-22-10-3-11-23-45)73-62(59(71-41-49-30-18-7-19-31-49)57(54)69-39-47-26-14-5-15-27-47)75-55-52(42-66-36-44-20-8-2-9-21-44)72-61(64)58(70-40-48-28-16-6-17-29-48)56(55)68-38-46-24-12-4-13-25-46/h2-35,52-59,61-62,64H,36-43H2,1H3/t52-,53-,54+,55-,56+,57+,58-,59-,61+,62-/m1/s1. The number of carbonyl (C=O) groups is 1. The maximum Gasteiger partial charge on any atom is 0.338 e. The molecule has 7 aromatic carbocycles. The van der Waals surface area contributed by atoms with Crippen molar-refractivity contribution in [3.8, 4) is 5.75 Å². The molecule has 7 aromatic rings. The first-order chi connectivity index (χ1) is 37.0. The molecule has 10 atom stereocenters. The summed E-state index contributed by atoms with van der Waals surface area (Å²) in [6.45, 7) is 0.926. The minimum Gasteiger partial charge on any atom is -0.497 e. The van der Waals surface area contributed by atoms with Crippen LogP contribution in [0.5, 0.6) is 5.75 Å². The highest BCUT2D eigenvalue weighted by Crippen LogP contribution is 2.36. The number of rotatable bonds is 25. The highest BCUT2D eigenvalue weighted by Gasteiger charge is 2.55. The van der Waals surface area contributed by atoms with Gasteiger partial charge in [0.25, 0.3) is 0 Å². The molecule has 0 amide bonds. The van der Waals surface area contributed by atoms with Crippen molar-refractivity contribution in [2.75, 3.05) is 20.3 Å². The van der Waals surface area contributed by atoms with Crippen LogP contribution in [-0.2, 0) is 87.0 Å². The summed E-state index contributed by atoms with van der Waals surface area (Å²) >= 11 is 0. The van der Waals surface area contributed by atoms with Crippen LogP contribution in [0.1, 0.15) is 43.7 Å². The molecule has 9 rings (SSSR count). The van der Waals surface area contributed by atoms with Crippen LogP contribution in [0.3, 0.4) is 0 Å². The smallest absolute Gasteiger partial charge is 0.338 e. The van der Waals surface area contributed by atoms with Gasteiger partial charge in [-0.2, -0.15) is 0 Å². The van der Waals surface area contributed by atoms with E-state index in [0.29, 0.717) is 5.75 Å². The molecule has 390 valence electrons. The van der Waals surface area contributed by atoms with Crippen molar-refractivity contribution in [3.05, 3.63) is 245 Å². The fraction of sp³-hybridized carbons (Fsp3) is 0.306. The maximum atomic E-state index is 14.4. The van der Waals surface area contributed by atoms with Crippen LogP contribution < -0.4 is 4.74 Å². The van der Waals surface area contributed by atoms with Gasteiger partial charge in [0.05, 0.1) is 65.5 Å². The summed E-state index contributed by atoms with van der Waals surface area (Å²) in [6.07, 6.45) is -11.0. The number of carbonyl (C=O) groups excluding carboxylic acids is 1. The van der Waals surface area contributed by atoms with E-state index in [-0.39, 0.29) is 58.4 Å². The number of hydrogen-bond acceptors (Lipinski definition) is 13. The number of methoxy groups -OCH3 is 1. The maximum absolute atomic E-state index is 14.4. The van der Waals surface area contributed by atoms with Crippen molar-refractivity contribution in [2.24, 2.45) is 0 Å². The highest BCUT2D eigenvalue weighted by atomic mass is 16.8. The Morgan fingerprint density at radius 1 is 0.413 bits per heavy atom. The average molecular weight is 1020 g/mol. The van der Waals surface area contributed by atoms with Gasteiger partial charge < -0.3 is 57.2 Å². The van der Waals surface area contributed by atoms with Crippen LogP contribution in [0, 0.1) is 0 Å². The van der Waals surface area contributed by atoms with Crippen LogP contribution in [0.4, 0.5) is 0 Å². The molecule has 0 spiro atoms. The Labute approximate surface area is 438 Å². The van der Waals surface area contributed by atoms with E-state index in [1.807, 2.05) is 182 Å². The molecule has 13 nitrogen and oxygen atoms in total. The van der Waals surface area contributed by atoms with E-state index in [1.54, 1.807) is 31.4 Å². The second kappa shape index (κ2) is 27.8. The molecule has 13 heteroatoms. The quantitative estimate of drug-likeness (QED) is 0.0544. The highest BCUT2D eigenvalue weighted by molar-refractivity contribution is 5.89. The van der Waals surface area contributed by atoms with Gasteiger partial charge in [0, 0.05) is 0 Å². The molecule has 1 N–H and O–H groups in total. The van der Waals surface area contributed by atoms with Crippen LogP contribution in [0.2, 0.25) is 0 Å². The monoisotopic (exact) mass is 1020 g/mol.